The highest BCUT2D eigenvalue weighted by atomic mass is 28.2. The summed E-state index contributed by atoms with van der Waals surface area (Å²) >= 11 is 0. The summed E-state index contributed by atoms with van der Waals surface area (Å²) in [6.07, 6.45) is 5.05. The third kappa shape index (κ3) is 6.25. The molecular weight excluding hydrogens is 166 g/mol. The molecule has 0 atom stereocenters. The van der Waals surface area contributed by atoms with Gasteiger partial charge in [0.1, 0.15) is 9.68 Å². The van der Waals surface area contributed by atoms with Crippen molar-refractivity contribution < 1.29 is 0 Å². The Kier molecular flexibility index (Phi) is 5.85. The summed E-state index contributed by atoms with van der Waals surface area (Å²) in [5, 5.41) is 0.321. The zero-order valence-corrected chi connectivity index (χ0v) is 9.79. The number of rotatable bonds is 6. The Morgan fingerprint density at radius 1 is 1.42 bits per heavy atom. The minimum Gasteiger partial charge on any atom is -0.131 e. The summed E-state index contributed by atoms with van der Waals surface area (Å²) in [6.45, 7) is 6.63. The molecule has 70 valence electrons. The average Bonchev–Trinajstić information content (AvgIpc) is 2.01. The van der Waals surface area contributed by atoms with Crippen molar-refractivity contribution in [1.29, 1.82) is 0 Å². The predicted molar refractivity (Wildman–Crippen MR) is 55.9 cm³/mol. The van der Waals surface area contributed by atoms with Gasteiger partial charge in [0.15, 0.2) is 0 Å². The Morgan fingerprint density at radius 2 is 2.08 bits per heavy atom. The molecule has 0 bridgehead atoms. The highest BCUT2D eigenvalue weighted by Crippen LogP contribution is 2.30. The van der Waals surface area contributed by atoms with Crippen LogP contribution in [0.3, 0.4) is 0 Å². The molecule has 0 aliphatic carbocycles. The molecule has 0 saturated heterocycles. The largest absolute Gasteiger partial charge is 0.131 e. The molecule has 0 aliphatic rings. The van der Waals surface area contributed by atoms with E-state index in [-0.39, 0.29) is 0 Å². The van der Waals surface area contributed by atoms with E-state index in [1.54, 1.807) is 0 Å². The van der Waals surface area contributed by atoms with E-state index < -0.39 is 9.68 Å². The molecule has 0 heterocycles. The zero-order chi connectivity index (χ0) is 9.45. The third-order valence-corrected chi connectivity index (χ3v) is 3.50. The van der Waals surface area contributed by atoms with E-state index in [0.717, 1.165) is 0 Å². The lowest BCUT2D eigenvalue weighted by molar-refractivity contribution is 0.547. The first kappa shape index (κ1) is 11.5. The van der Waals surface area contributed by atoms with Gasteiger partial charge < -0.3 is 0 Å². The van der Waals surface area contributed by atoms with Crippen molar-refractivity contribution in [3.8, 4) is 0 Å². The minimum atomic E-state index is -0.580. The summed E-state index contributed by atoms with van der Waals surface area (Å²) < 4.78 is 3.74. The summed E-state index contributed by atoms with van der Waals surface area (Å²) in [5.74, 6) is 0. The lowest BCUT2D eigenvalue weighted by atomic mass is 10.0. The molecular formula is C8H19N3Si. The Bertz CT molecular complexity index is 162. The minimum absolute atomic E-state index is 0.321. The van der Waals surface area contributed by atoms with E-state index in [1.165, 1.54) is 25.7 Å². The van der Waals surface area contributed by atoms with E-state index in [9.17, 15) is 0 Å². The van der Waals surface area contributed by atoms with E-state index in [4.69, 9.17) is 5.53 Å². The van der Waals surface area contributed by atoms with Gasteiger partial charge in [0.05, 0.1) is 0 Å². The molecule has 3 nitrogen and oxygen atoms in total. The van der Waals surface area contributed by atoms with Crippen molar-refractivity contribution in [3.63, 3.8) is 0 Å². The first-order chi connectivity index (χ1) is 5.62. The van der Waals surface area contributed by atoms with Crippen LogP contribution in [0.4, 0.5) is 0 Å². The summed E-state index contributed by atoms with van der Waals surface area (Å²) in [6, 6.07) is 0. The fourth-order valence-corrected chi connectivity index (χ4v) is 2.01. The Balaban J connectivity index is 3.62. The smallest absolute Gasteiger partial charge is 0.130 e. The van der Waals surface area contributed by atoms with Gasteiger partial charge in [-0.15, -0.1) is 4.78 Å². The van der Waals surface area contributed by atoms with Gasteiger partial charge in [-0.05, 0) is 15.5 Å². The highest BCUT2D eigenvalue weighted by Gasteiger charge is 2.16. The van der Waals surface area contributed by atoms with Crippen molar-refractivity contribution in [2.75, 3.05) is 0 Å². The molecule has 0 radical (unpaired) electrons. The fourth-order valence-electron chi connectivity index (χ4n) is 1.16. The van der Waals surface area contributed by atoms with Crippen molar-refractivity contribution in [2.24, 2.45) is 4.78 Å². The number of hydrogen-bond donors (Lipinski definition) is 0. The van der Waals surface area contributed by atoms with Crippen LogP contribution in [-0.4, -0.2) is 9.68 Å². The highest BCUT2D eigenvalue weighted by molar-refractivity contribution is 6.37. The van der Waals surface area contributed by atoms with E-state index >= 15 is 0 Å². The maximum Gasteiger partial charge on any atom is 0.130 e. The standard InChI is InChI=1S/C8H19N3Si/c1-4-5-6-7-8(2,3)12-11-10-9/h4-7,12H2,1-3H3. The van der Waals surface area contributed by atoms with E-state index in [1.807, 2.05) is 0 Å². The maximum absolute atomic E-state index is 8.19. The van der Waals surface area contributed by atoms with Crippen LogP contribution in [0.1, 0.15) is 46.5 Å². The molecule has 0 aromatic rings. The zero-order valence-electron chi connectivity index (χ0n) is 8.38. The van der Waals surface area contributed by atoms with Crippen molar-refractivity contribution in [3.05, 3.63) is 10.4 Å². The number of unbranched alkanes of at least 4 members (excludes halogenated alkanes) is 2. The van der Waals surface area contributed by atoms with Crippen LogP contribution in [0.2, 0.25) is 5.04 Å². The van der Waals surface area contributed by atoms with Crippen LogP contribution in [0, 0.1) is 0 Å². The SMILES string of the molecule is CCCCCC(C)(C)[SiH2]N=[N+]=[N-]. The van der Waals surface area contributed by atoms with Gasteiger partial charge in [0.25, 0.3) is 0 Å². The van der Waals surface area contributed by atoms with Crippen LogP contribution in [0.5, 0.6) is 0 Å². The monoisotopic (exact) mass is 185 g/mol. The quantitative estimate of drug-likeness (QED) is 0.201. The second-order valence-electron chi connectivity index (χ2n) is 4.01. The van der Waals surface area contributed by atoms with Gasteiger partial charge in [0.2, 0.25) is 0 Å². The second-order valence-corrected chi connectivity index (χ2v) is 6.52. The maximum atomic E-state index is 8.19. The molecule has 12 heavy (non-hydrogen) atoms. The molecule has 0 spiro atoms. The average molecular weight is 185 g/mol. The lowest BCUT2D eigenvalue weighted by Gasteiger charge is -2.20. The van der Waals surface area contributed by atoms with Gasteiger partial charge in [-0.25, -0.2) is 0 Å². The van der Waals surface area contributed by atoms with Crippen molar-refractivity contribution in [2.45, 2.75) is 51.5 Å². The molecule has 0 aromatic carbocycles. The summed E-state index contributed by atoms with van der Waals surface area (Å²) in [7, 11) is -0.580. The molecule has 0 amide bonds. The second kappa shape index (κ2) is 6.09. The van der Waals surface area contributed by atoms with E-state index in [2.05, 4.69) is 30.5 Å². The first-order valence-corrected chi connectivity index (χ1v) is 5.97. The molecule has 0 aliphatic heterocycles. The Morgan fingerprint density at radius 3 is 2.58 bits per heavy atom. The molecule has 0 unspecified atom stereocenters. The van der Waals surface area contributed by atoms with Crippen LogP contribution >= 0.6 is 0 Å². The van der Waals surface area contributed by atoms with Crippen molar-refractivity contribution >= 4 is 9.68 Å². The van der Waals surface area contributed by atoms with Crippen LogP contribution in [0.25, 0.3) is 10.4 Å². The topological polar surface area (TPSA) is 48.8 Å². The fraction of sp³-hybridized carbons (Fsp3) is 1.00. The lowest BCUT2D eigenvalue weighted by Crippen LogP contribution is -2.10. The summed E-state index contributed by atoms with van der Waals surface area (Å²) in [4.78, 5) is 2.84. The molecule has 4 heteroatoms. The number of azide groups is 1. The first-order valence-electron chi connectivity index (χ1n) is 4.63. The Hall–Kier alpha value is -0.473. The Labute approximate surface area is 77.1 Å². The third-order valence-electron chi connectivity index (χ3n) is 2.02. The van der Waals surface area contributed by atoms with E-state index in [0.29, 0.717) is 5.04 Å². The van der Waals surface area contributed by atoms with Gasteiger partial charge >= 0.3 is 0 Å². The van der Waals surface area contributed by atoms with Gasteiger partial charge in [-0.1, -0.05) is 46.5 Å². The molecule has 0 fully saturated rings. The van der Waals surface area contributed by atoms with Gasteiger partial charge in [0, 0.05) is 0 Å². The summed E-state index contributed by atoms with van der Waals surface area (Å²) in [5.41, 5.74) is 8.19. The van der Waals surface area contributed by atoms with Crippen LogP contribution < -0.4 is 0 Å². The van der Waals surface area contributed by atoms with Crippen LogP contribution in [0.15, 0.2) is 4.78 Å². The molecule has 0 N–H and O–H groups in total. The van der Waals surface area contributed by atoms with Gasteiger partial charge in [-0.3, -0.25) is 0 Å². The molecule has 0 rings (SSSR count). The number of hydrogen-bond acceptors (Lipinski definition) is 1. The molecule has 0 saturated carbocycles. The molecule has 0 aromatic heterocycles. The van der Waals surface area contributed by atoms with Crippen LogP contribution in [-0.2, 0) is 0 Å². The predicted octanol–water partition coefficient (Wildman–Crippen LogP) is 3.16. The number of nitrogens with zero attached hydrogens (tertiary/aromatic N) is 3. The normalized spacial score (nSPS) is 11.9. The van der Waals surface area contributed by atoms with Crippen molar-refractivity contribution in [1.82, 2.24) is 0 Å². The van der Waals surface area contributed by atoms with Gasteiger partial charge in [-0.2, -0.15) is 0 Å².